The van der Waals surface area contributed by atoms with Crippen molar-refractivity contribution in [2.75, 3.05) is 33.8 Å². The van der Waals surface area contributed by atoms with Crippen LogP contribution < -0.4 is 5.84 Å². The number of hydrogen-bond acceptors (Lipinski definition) is 5. The highest BCUT2D eigenvalue weighted by Gasteiger charge is 2.40. The molecule has 0 aromatic carbocycles. The van der Waals surface area contributed by atoms with E-state index in [1.807, 2.05) is 5.01 Å². The first kappa shape index (κ1) is 53.1. The van der Waals surface area contributed by atoms with Gasteiger partial charge < -0.3 is 19.4 Å². The standard InChI is InChI=1S/C48H89N3O2.C2H4/c1-6-8-10-12-14-16-18-20-22-24-26-28-30-32-34-36-40-48(52-45-47(53-48)39-38-46(3)44-51(49)43-42-50(4)5)41-37-35-33-31-29-27-25-23-21-19-17-15-13-11-9-7-2;1-2/h14-17,20-23,44,47H,6-13,18-19,24-43,45,49H2,1-5H3;1-2H2/b16-14-,17-15-,22-20-,23-21-,46-44+;. The highest BCUT2D eigenvalue weighted by atomic mass is 16.7. The molecule has 1 aliphatic rings. The lowest BCUT2D eigenvalue weighted by Gasteiger charge is -2.28. The molecule has 1 heterocycles. The van der Waals surface area contributed by atoms with Gasteiger partial charge in [-0.1, -0.05) is 145 Å². The minimum Gasteiger partial charge on any atom is -0.347 e. The van der Waals surface area contributed by atoms with Crippen molar-refractivity contribution in [2.45, 2.75) is 212 Å². The average molecular weight is 768 g/mol. The second kappa shape index (κ2) is 40.3. The molecule has 320 valence electrons. The Morgan fingerprint density at radius 3 is 1.47 bits per heavy atom. The summed E-state index contributed by atoms with van der Waals surface area (Å²) in [5.74, 6) is 5.84. The van der Waals surface area contributed by atoms with Crippen molar-refractivity contribution in [1.82, 2.24) is 9.91 Å². The first-order chi connectivity index (χ1) is 26.9. The lowest BCUT2D eigenvalue weighted by Crippen LogP contribution is -2.33. The molecule has 55 heavy (non-hydrogen) atoms. The Labute approximate surface area is 344 Å². The number of likely N-dealkylation sites (N-methyl/N-ethyl adjacent to an activating group) is 1. The average Bonchev–Trinajstić information content (AvgIpc) is 3.59. The minimum atomic E-state index is -0.377. The zero-order valence-electron chi connectivity index (χ0n) is 37.4. The van der Waals surface area contributed by atoms with E-state index < -0.39 is 0 Å². The van der Waals surface area contributed by atoms with E-state index in [0.717, 1.165) is 58.2 Å². The molecule has 1 fully saturated rings. The van der Waals surface area contributed by atoms with Crippen LogP contribution in [0.25, 0.3) is 0 Å². The maximum atomic E-state index is 6.81. The Morgan fingerprint density at radius 2 is 1.04 bits per heavy atom. The maximum absolute atomic E-state index is 6.81. The lowest BCUT2D eigenvalue weighted by molar-refractivity contribution is -0.179. The van der Waals surface area contributed by atoms with Crippen LogP contribution in [0.5, 0.6) is 0 Å². The predicted molar refractivity (Wildman–Crippen MR) is 245 cm³/mol. The van der Waals surface area contributed by atoms with Crippen molar-refractivity contribution in [1.29, 1.82) is 0 Å². The van der Waals surface area contributed by atoms with E-state index in [2.05, 4.69) is 108 Å². The van der Waals surface area contributed by atoms with Gasteiger partial charge in [-0.15, -0.1) is 13.2 Å². The summed E-state index contributed by atoms with van der Waals surface area (Å²) in [6.07, 6.45) is 55.8. The van der Waals surface area contributed by atoms with E-state index in [9.17, 15) is 0 Å². The van der Waals surface area contributed by atoms with Gasteiger partial charge in [-0.2, -0.15) is 0 Å². The number of allylic oxidation sites excluding steroid dienone is 9. The smallest absolute Gasteiger partial charge is 0.168 e. The Balaban J connectivity index is 0.0000143. The number of rotatable bonds is 37. The SMILES string of the molecule is C=C.CCCCC/C=C\C/C=C\CCCCCCCCC1(CCCCCCCC/C=C\C/C=C\CCCCC)OCC(CC/C(C)=C/N(N)CCN(C)C)O1. The predicted octanol–water partition coefficient (Wildman–Crippen LogP) is 14.7. The molecular formula is C50H93N3O2. The van der Waals surface area contributed by atoms with E-state index in [0.29, 0.717) is 0 Å². The van der Waals surface area contributed by atoms with Gasteiger partial charge in [0.05, 0.1) is 12.7 Å². The molecular weight excluding hydrogens is 675 g/mol. The van der Waals surface area contributed by atoms with Crippen LogP contribution in [0.4, 0.5) is 0 Å². The molecule has 1 rings (SSSR count). The fourth-order valence-corrected chi connectivity index (χ4v) is 7.03. The van der Waals surface area contributed by atoms with Crippen molar-refractivity contribution in [2.24, 2.45) is 5.84 Å². The van der Waals surface area contributed by atoms with Crippen LogP contribution in [-0.2, 0) is 9.47 Å². The van der Waals surface area contributed by atoms with Gasteiger partial charge in [-0.25, -0.2) is 5.84 Å². The number of hydrogen-bond donors (Lipinski definition) is 1. The Hall–Kier alpha value is -1.92. The van der Waals surface area contributed by atoms with E-state index in [1.165, 1.54) is 147 Å². The molecule has 5 nitrogen and oxygen atoms in total. The summed E-state index contributed by atoms with van der Waals surface area (Å²) in [5, 5.41) is 1.82. The summed E-state index contributed by atoms with van der Waals surface area (Å²) in [4.78, 5) is 2.16. The number of ether oxygens (including phenoxy) is 2. The van der Waals surface area contributed by atoms with Crippen LogP contribution in [0.15, 0.2) is 73.5 Å². The molecule has 1 saturated heterocycles. The first-order valence-corrected chi connectivity index (χ1v) is 23.2. The third-order valence-electron chi connectivity index (χ3n) is 10.5. The van der Waals surface area contributed by atoms with Crippen molar-refractivity contribution in [3.63, 3.8) is 0 Å². The molecule has 0 bridgehead atoms. The van der Waals surface area contributed by atoms with Crippen molar-refractivity contribution in [3.05, 3.63) is 73.5 Å². The van der Waals surface area contributed by atoms with Gasteiger partial charge in [0, 0.05) is 32.1 Å². The molecule has 5 heteroatoms. The molecule has 1 aliphatic heterocycles. The topological polar surface area (TPSA) is 51.0 Å². The van der Waals surface area contributed by atoms with E-state index >= 15 is 0 Å². The number of unbranched alkanes of at least 4 members (excludes halogenated alkanes) is 18. The van der Waals surface area contributed by atoms with Crippen LogP contribution in [0.1, 0.15) is 201 Å². The first-order valence-electron chi connectivity index (χ1n) is 23.2. The third-order valence-corrected chi connectivity index (χ3v) is 10.5. The van der Waals surface area contributed by atoms with Gasteiger partial charge in [0.25, 0.3) is 0 Å². The third kappa shape index (κ3) is 35.0. The van der Waals surface area contributed by atoms with Crippen LogP contribution >= 0.6 is 0 Å². The van der Waals surface area contributed by atoms with Crippen molar-refractivity contribution >= 4 is 0 Å². The van der Waals surface area contributed by atoms with Gasteiger partial charge in [-0.3, -0.25) is 0 Å². The molecule has 0 aliphatic carbocycles. The van der Waals surface area contributed by atoms with Crippen LogP contribution in [0.3, 0.4) is 0 Å². The lowest BCUT2D eigenvalue weighted by atomic mass is 9.98. The quantitative estimate of drug-likeness (QED) is 0.0295. The molecule has 2 N–H and O–H groups in total. The monoisotopic (exact) mass is 768 g/mol. The van der Waals surface area contributed by atoms with E-state index in [-0.39, 0.29) is 11.9 Å². The molecule has 0 saturated carbocycles. The molecule has 1 atom stereocenters. The summed E-state index contributed by atoms with van der Waals surface area (Å²) in [5.41, 5.74) is 1.31. The zero-order valence-corrected chi connectivity index (χ0v) is 37.4. The number of nitrogens with two attached hydrogens (primary N) is 1. The summed E-state index contributed by atoms with van der Waals surface area (Å²) in [7, 11) is 4.17. The fourth-order valence-electron chi connectivity index (χ4n) is 7.03. The fraction of sp³-hybridized carbons (Fsp3) is 0.760. The molecule has 0 radical (unpaired) electrons. The maximum Gasteiger partial charge on any atom is 0.168 e. The molecule has 0 spiro atoms. The summed E-state index contributed by atoms with van der Waals surface area (Å²) in [6, 6.07) is 0. The highest BCUT2D eigenvalue weighted by molar-refractivity contribution is 4.98. The zero-order chi connectivity index (χ0) is 40.5. The van der Waals surface area contributed by atoms with Gasteiger partial charge in [0.15, 0.2) is 5.79 Å². The second-order valence-electron chi connectivity index (χ2n) is 16.2. The van der Waals surface area contributed by atoms with E-state index in [1.54, 1.807) is 0 Å². The molecule has 1 unspecified atom stereocenters. The van der Waals surface area contributed by atoms with Gasteiger partial charge in [-0.05, 0) is 111 Å². The van der Waals surface area contributed by atoms with Gasteiger partial charge in [0.2, 0.25) is 0 Å². The Kier molecular flexibility index (Phi) is 38.9. The van der Waals surface area contributed by atoms with Gasteiger partial charge in [0.1, 0.15) is 0 Å². The van der Waals surface area contributed by atoms with Crippen LogP contribution in [0, 0.1) is 0 Å². The van der Waals surface area contributed by atoms with Gasteiger partial charge >= 0.3 is 0 Å². The second-order valence-corrected chi connectivity index (χ2v) is 16.2. The molecule has 0 amide bonds. The minimum absolute atomic E-state index is 0.181. The molecule has 0 aromatic heterocycles. The Bertz CT molecular complexity index is 920. The summed E-state index contributed by atoms with van der Waals surface area (Å²) in [6.45, 7) is 15.2. The summed E-state index contributed by atoms with van der Waals surface area (Å²) >= 11 is 0. The van der Waals surface area contributed by atoms with Crippen molar-refractivity contribution in [3.8, 4) is 0 Å². The van der Waals surface area contributed by atoms with Crippen LogP contribution in [0.2, 0.25) is 0 Å². The Morgan fingerprint density at radius 1 is 0.618 bits per heavy atom. The van der Waals surface area contributed by atoms with E-state index in [4.69, 9.17) is 15.3 Å². The number of nitrogens with zero attached hydrogens (tertiary/aromatic N) is 2. The molecule has 0 aromatic rings. The largest absolute Gasteiger partial charge is 0.347 e. The normalized spacial score (nSPS) is 16.1. The number of hydrazine groups is 1. The highest BCUT2D eigenvalue weighted by Crippen LogP contribution is 2.36. The van der Waals surface area contributed by atoms with Crippen LogP contribution in [-0.4, -0.2) is 55.6 Å². The summed E-state index contributed by atoms with van der Waals surface area (Å²) < 4.78 is 13.4. The van der Waals surface area contributed by atoms with Crippen molar-refractivity contribution < 1.29 is 9.47 Å².